The molecule has 0 N–H and O–H groups in total. The minimum absolute atomic E-state index is 0.394. The molecule has 224 valence electrons. The first kappa shape index (κ1) is 29.6. The molecule has 0 unspecified atom stereocenters. The Morgan fingerprint density at radius 1 is 0.524 bits per heavy atom. The van der Waals surface area contributed by atoms with Gasteiger partial charge in [0.05, 0.1) is 34.8 Å². The molecule has 2 saturated heterocycles. The predicted octanol–water partition coefficient (Wildman–Crippen LogP) is 1.88. The van der Waals surface area contributed by atoms with Gasteiger partial charge in [0, 0.05) is 0 Å². The zero-order valence-corrected chi connectivity index (χ0v) is 21.6. The Balaban J connectivity index is 1.39. The van der Waals surface area contributed by atoms with Gasteiger partial charge in [-0.05, 0) is 24.3 Å². The van der Waals surface area contributed by atoms with Crippen molar-refractivity contribution in [2.75, 3.05) is 0 Å². The lowest BCUT2D eigenvalue weighted by Gasteiger charge is -2.35. The van der Waals surface area contributed by atoms with Crippen molar-refractivity contribution >= 4 is 43.9 Å². The molecule has 42 heavy (non-hydrogen) atoms. The third kappa shape index (κ3) is 4.44. The predicted molar refractivity (Wildman–Crippen MR) is 117 cm³/mol. The third-order valence-corrected chi connectivity index (χ3v) is 9.24. The Kier molecular flexibility index (Phi) is 6.56. The van der Waals surface area contributed by atoms with E-state index in [-0.39, 0.29) is 0 Å². The number of carbonyl (C=O) groups is 4. The van der Waals surface area contributed by atoms with E-state index in [1.165, 1.54) is 0 Å². The van der Waals surface area contributed by atoms with Crippen LogP contribution in [0.2, 0.25) is 0 Å². The lowest BCUT2D eigenvalue weighted by Crippen LogP contribution is -2.50. The molecule has 2 aromatic rings. The Hall–Kier alpha value is -3.88. The molecule has 0 atom stereocenters. The summed E-state index contributed by atoms with van der Waals surface area (Å²) in [6, 6.07) is 5.31. The number of imide groups is 2. The fraction of sp³-hybridized carbons (Fsp3) is 0.273. The van der Waals surface area contributed by atoms with Gasteiger partial charge in [0.1, 0.15) is 9.79 Å². The van der Waals surface area contributed by atoms with Gasteiger partial charge in [0.25, 0.3) is 23.6 Å². The molecule has 0 aromatic heterocycles. The van der Waals surface area contributed by atoms with Crippen LogP contribution in [0.5, 0.6) is 0 Å². The summed E-state index contributed by atoms with van der Waals surface area (Å²) in [5.41, 5.74) is -3.37. The summed E-state index contributed by atoms with van der Waals surface area (Å²) < 4.78 is 139. The zero-order valence-electron chi connectivity index (χ0n) is 20.0. The van der Waals surface area contributed by atoms with Gasteiger partial charge in [-0.1, -0.05) is 24.3 Å². The van der Waals surface area contributed by atoms with Gasteiger partial charge < -0.3 is 0 Å². The lowest BCUT2D eigenvalue weighted by atomic mass is 9.59. The number of benzene rings is 2. The maximum Gasteiger partial charge on any atom is 0.417 e. The summed E-state index contributed by atoms with van der Waals surface area (Å²) in [6.45, 7) is 0. The molecule has 0 bridgehead atoms. The van der Waals surface area contributed by atoms with Gasteiger partial charge in [-0.3, -0.25) is 19.2 Å². The lowest BCUT2D eigenvalue weighted by molar-refractivity contribution is -0.170. The first-order chi connectivity index (χ1) is 19.3. The van der Waals surface area contributed by atoms with Gasteiger partial charge in [-0.25, -0.2) is 0 Å². The fourth-order valence-corrected chi connectivity index (χ4v) is 7.24. The number of amides is 4. The van der Waals surface area contributed by atoms with Crippen LogP contribution in [0.3, 0.4) is 0 Å². The first-order valence-electron chi connectivity index (χ1n) is 11.3. The van der Waals surface area contributed by atoms with Crippen LogP contribution in [-0.4, -0.2) is 50.6 Å². The molecule has 5 rings (SSSR count). The number of carbonyl (C=O) groups excluding carboxylic acids is 4. The van der Waals surface area contributed by atoms with Gasteiger partial charge >= 0.3 is 32.6 Å². The van der Waals surface area contributed by atoms with Crippen LogP contribution in [0.1, 0.15) is 11.1 Å². The second-order valence-electron chi connectivity index (χ2n) is 9.09. The molecule has 2 aliphatic heterocycles. The van der Waals surface area contributed by atoms with Gasteiger partial charge in [-0.15, -0.1) is 18.7 Å². The largest absolute Gasteiger partial charge is 0.417 e. The van der Waals surface area contributed by atoms with Crippen molar-refractivity contribution in [3.8, 4) is 0 Å². The topological polar surface area (TPSA) is 161 Å². The number of hydrogen-bond donors (Lipinski definition) is 0. The zero-order chi connectivity index (χ0) is 31.2. The molecule has 0 radical (unpaired) electrons. The van der Waals surface area contributed by atoms with Crippen molar-refractivity contribution in [2.24, 2.45) is 23.7 Å². The molecule has 20 heteroatoms. The maximum absolute atomic E-state index is 13.3. The van der Waals surface area contributed by atoms with E-state index >= 15 is 0 Å². The van der Waals surface area contributed by atoms with Gasteiger partial charge in [-0.2, -0.15) is 43.2 Å². The van der Waals surface area contributed by atoms with Gasteiger partial charge in [0.2, 0.25) is 0 Å². The number of nitrogens with zero attached hydrogens (tertiary/aromatic N) is 2. The summed E-state index contributed by atoms with van der Waals surface area (Å²) in [5, 5.41) is -0.809. The van der Waals surface area contributed by atoms with Crippen LogP contribution in [0.4, 0.5) is 26.3 Å². The highest BCUT2D eigenvalue weighted by Crippen LogP contribution is 2.57. The summed E-state index contributed by atoms with van der Waals surface area (Å²) in [5.74, 6) is -13.5. The highest BCUT2D eigenvalue weighted by atomic mass is 32.2. The summed E-state index contributed by atoms with van der Waals surface area (Å²) >= 11 is 0. The van der Waals surface area contributed by atoms with Crippen LogP contribution < -0.4 is 0 Å². The highest BCUT2D eigenvalue weighted by Gasteiger charge is 2.75. The van der Waals surface area contributed by atoms with E-state index in [0.717, 1.165) is 24.3 Å². The smallest absolute Gasteiger partial charge is 0.272 e. The standard InChI is InChI=1S/C22H12F6N2O10S2/c23-21(24,25)9-5-1-3-7-11(9)41(35,36)39-29-17(31)13-14(18(29)32)16-15(13)19(33)30(20(16)34)40-42(37,38)12-8-4-2-6-10(12)22(26,27)28/h1-8,13-16H. The number of alkyl halides is 6. The average molecular weight is 642 g/mol. The van der Waals surface area contributed by atoms with Crippen molar-refractivity contribution in [3.05, 3.63) is 59.7 Å². The van der Waals surface area contributed by atoms with Crippen molar-refractivity contribution in [2.45, 2.75) is 22.1 Å². The number of hydrogen-bond acceptors (Lipinski definition) is 10. The molecule has 1 aliphatic carbocycles. The Morgan fingerprint density at radius 2 is 0.786 bits per heavy atom. The molecule has 4 amide bonds. The molecular formula is C22H12F6N2O10S2. The SMILES string of the molecule is O=C1C2C(C(=O)N1OS(=O)(=O)c1ccccc1C(F)(F)F)C1C(=O)N(OS(=O)(=O)c3ccccc3C(F)(F)F)C(=O)C21. The van der Waals surface area contributed by atoms with E-state index in [2.05, 4.69) is 8.57 Å². The quantitative estimate of drug-likeness (QED) is 0.336. The molecule has 12 nitrogen and oxygen atoms in total. The van der Waals surface area contributed by atoms with Crippen molar-refractivity contribution < 1.29 is 70.9 Å². The second-order valence-corrected chi connectivity index (χ2v) is 12.1. The molecule has 1 saturated carbocycles. The minimum atomic E-state index is -5.49. The number of fused-ring (bicyclic) bond motifs is 4. The van der Waals surface area contributed by atoms with E-state index in [1.54, 1.807) is 0 Å². The summed E-state index contributed by atoms with van der Waals surface area (Å²) in [7, 11) is -11.0. The maximum atomic E-state index is 13.3. The molecule has 2 heterocycles. The van der Waals surface area contributed by atoms with Gasteiger partial charge in [0.15, 0.2) is 0 Å². The minimum Gasteiger partial charge on any atom is -0.272 e. The Bertz CT molecular complexity index is 1600. The van der Waals surface area contributed by atoms with Crippen molar-refractivity contribution in [3.63, 3.8) is 0 Å². The number of halogens is 6. The molecule has 0 spiro atoms. The summed E-state index contributed by atoms with van der Waals surface area (Å²) in [6.07, 6.45) is -10.4. The van der Waals surface area contributed by atoms with E-state index < -0.39 is 111 Å². The molecular weight excluding hydrogens is 630 g/mol. The Labute approximate surface area is 230 Å². The second kappa shape index (κ2) is 9.31. The normalized spacial score (nSPS) is 24.6. The molecule has 3 aliphatic rings. The van der Waals surface area contributed by atoms with Crippen LogP contribution in [0.15, 0.2) is 58.3 Å². The van der Waals surface area contributed by atoms with Crippen LogP contribution in [-0.2, 0) is 60.3 Å². The fourth-order valence-electron chi connectivity index (χ4n) is 5.00. The van der Waals surface area contributed by atoms with E-state index in [9.17, 15) is 62.4 Å². The Morgan fingerprint density at radius 3 is 1.05 bits per heavy atom. The first-order valence-corrected chi connectivity index (χ1v) is 14.1. The van der Waals surface area contributed by atoms with E-state index in [4.69, 9.17) is 0 Å². The number of rotatable bonds is 6. The summed E-state index contributed by atoms with van der Waals surface area (Å²) in [4.78, 5) is 48.5. The van der Waals surface area contributed by atoms with E-state index in [1.807, 2.05) is 0 Å². The monoisotopic (exact) mass is 642 g/mol. The molecule has 3 fully saturated rings. The molecule has 2 aromatic carbocycles. The van der Waals surface area contributed by atoms with Crippen molar-refractivity contribution in [1.29, 1.82) is 0 Å². The third-order valence-electron chi connectivity index (χ3n) is 6.76. The average Bonchev–Trinajstić information content (AvgIpc) is 3.18. The number of hydroxylamine groups is 4. The van der Waals surface area contributed by atoms with Crippen molar-refractivity contribution in [1.82, 2.24) is 10.1 Å². The van der Waals surface area contributed by atoms with Crippen LogP contribution in [0, 0.1) is 23.7 Å². The van der Waals surface area contributed by atoms with Crippen LogP contribution >= 0.6 is 0 Å². The highest BCUT2D eigenvalue weighted by molar-refractivity contribution is 7.87. The van der Waals surface area contributed by atoms with Crippen LogP contribution in [0.25, 0.3) is 0 Å². The van der Waals surface area contributed by atoms with E-state index in [0.29, 0.717) is 24.3 Å².